The van der Waals surface area contributed by atoms with Gasteiger partial charge < -0.3 is 30.9 Å². The molecule has 0 aromatic heterocycles. The number of aliphatic hydroxyl groups is 2. The third kappa shape index (κ3) is 8.87. The normalized spacial score (nSPS) is 24.4. The van der Waals surface area contributed by atoms with E-state index in [0.29, 0.717) is 18.4 Å². The SMILES string of the molecule is CCC[C@H](NC(=O)[C@@H]1CC2CCCCC2N1)C(O)C(=O)NC1CC1.O=C(CO)OCc1ccccc1. The number of amides is 2. The monoisotopic (exact) mass is 503 g/mol. The number of fused-ring (bicyclic) bond motifs is 1. The van der Waals surface area contributed by atoms with E-state index < -0.39 is 24.7 Å². The van der Waals surface area contributed by atoms with Gasteiger partial charge >= 0.3 is 5.97 Å². The minimum atomic E-state index is -1.17. The van der Waals surface area contributed by atoms with E-state index in [-0.39, 0.29) is 30.5 Å². The Balaban J connectivity index is 0.000000253. The maximum absolute atomic E-state index is 12.6. The van der Waals surface area contributed by atoms with E-state index in [9.17, 15) is 19.5 Å². The summed E-state index contributed by atoms with van der Waals surface area (Å²) in [4.78, 5) is 35.2. The standard InChI is InChI=1S/C18H31N3O3.C9H10O3/c1-2-5-14(16(22)18(24)19-12-8-9-12)21-17(23)15-10-11-6-3-4-7-13(11)20-15;10-6-9(11)12-7-8-4-2-1-3-5-8/h11-16,20,22H,2-10H2,1H3,(H,19,24)(H,21,23);1-5,10H,6-7H2/t11?,13?,14-,15-,16?;/m0./s1. The Bertz CT molecular complexity index is 833. The molecule has 9 heteroatoms. The zero-order valence-electron chi connectivity index (χ0n) is 21.2. The lowest BCUT2D eigenvalue weighted by molar-refractivity contribution is -0.148. The smallest absolute Gasteiger partial charge is 0.332 e. The van der Waals surface area contributed by atoms with Crippen molar-refractivity contribution in [1.82, 2.24) is 16.0 Å². The summed E-state index contributed by atoms with van der Waals surface area (Å²) in [6.45, 7) is 1.65. The highest BCUT2D eigenvalue weighted by Crippen LogP contribution is 2.33. The van der Waals surface area contributed by atoms with E-state index in [2.05, 4.69) is 20.7 Å². The summed E-state index contributed by atoms with van der Waals surface area (Å²) in [7, 11) is 0. The van der Waals surface area contributed by atoms with E-state index in [1.807, 2.05) is 37.3 Å². The highest BCUT2D eigenvalue weighted by Gasteiger charge is 2.39. The molecule has 1 aromatic rings. The van der Waals surface area contributed by atoms with Gasteiger partial charge in [0.05, 0.1) is 12.1 Å². The number of rotatable bonds is 10. The van der Waals surface area contributed by atoms with Gasteiger partial charge in [-0.2, -0.15) is 0 Å². The molecule has 5 atom stereocenters. The van der Waals surface area contributed by atoms with Crippen LogP contribution >= 0.6 is 0 Å². The Morgan fingerprint density at radius 2 is 1.83 bits per heavy atom. The Kier molecular flexibility index (Phi) is 11.2. The van der Waals surface area contributed by atoms with Crippen LogP contribution in [0.2, 0.25) is 0 Å². The summed E-state index contributed by atoms with van der Waals surface area (Å²) in [6.07, 6.45) is 7.93. The van der Waals surface area contributed by atoms with Gasteiger partial charge in [-0.05, 0) is 50.0 Å². The van der Waals surface area contributed by atoms with Crippen molar-refractivity contribution in [1.29, 1.82) is 0 Å². The molecular weight excluding hydrogens is 462 g/mol. The molecule has 0 spiro atoms. The van der Waals surface area contributed by atoms with Crippen LogP contribution in [0.5, 0.6) is 0 Å². The average Bonchev–Trinajstić information content (AvgIpc) is 3.61. The number of carbonyl (C=O) groups is 3. The largest absolute Gasteiger partial charge is 0.459 e. The number of hydrogen-bond acceptors (Lipinski definition) is 7. The summed E-state index contributed by atoms with van der Waals surface area (Å²) in [6, 6.07) is 9.30. The summed E-state index contributed by atoms with van der Waals surface area (Å²) >= 11 is 0. The number of benzene rings is 1. The van der Waals surface area contributed by atoms with Crippen molar-refractivity contribution in [2.24, 2.45) is 5.92 Å². The van der Waals surface area contributed by atoms with Crippen molar-refractivity contribution in [2.75, 3.05) is 6.61 Å². The van der Waals surface area contributed by atoms with Crippen LogP contribution in [0.1, 0.15) is 70.3 Å². The molecule has 0 radical (unpaired) electrons. The number of esters is 1. The van der Waals surface area contributed by atoms with Crippen molar-refractivity contribution in [2.45, 2.75) is 102 Å². The minimum absolute atomic E-state index is 0.0684. The topological polar surface area (TPSA) is 137 Å². The lowest BCUT2D eigenvalue weighted by Crippen LogP contribution is -2.54. The van der Waals surface area contributed by atoms with Crippen molar-refractivity contribution < 1.29 is 29.3 Å². The third-order valence-electron chi connectivity index (χ3n) is 7.05. The summed E-state index contributed by atoms with van der Waals surface area (Å²) in [5, 5.41) is 27.9. The van der Waals surface area contributed by atoms with Gasteiger partial charge in [-0.25, -0.2) is 4.79 Å². The molecule has 2 saturated carbocycles. The molecule has 200 valence electrons. The first-order valence-corrected chi connectivity index (χ1v) is 13.3. The molecule has 2 amide bonds. The van der Waals surface area contributed by atoms with Crippen LogP contribution < -0.4 is 16.0 Å². The quantitative estimate of drug-likeness (QED) is 0.306. The van der Waals surface area contributed by atoms with Gasteiger partial charge in [-0.1, -0.05) is 56.5 Å². The van der Waals surface area contributed by atoms with E-state index in [0.717, 1.165) is 37.7 Å². The Morgan fingerprint density at radius 1 is 1.11 bits per heavy atom. The molecule has 5 N–H and O–H groups in total. The first-order chi connectivity index (χ1) is 17.4. The second-order valence-electron chi connectivity index (χ2n) is 10.0. The highest BCUT2D eigenvalue weighted by molar-refractivity contribution is 5.85. The van der Waals surface area contributed by atoms with Crippen LogP contribution in [-0.4, -0.2) is 64.9 Å². The van der Waals surface area contributed by atoms with E-state index in [1.165, 1.54) is 19.3 Å². The van der Waals surface area contributed by atoms with Gasteiger partial charge in [-0.15, -0.1) is 0 Å². The molecule has 4 rings (SSSR count). The molecule has 3 aliphatic rings. The number of hydrogen-bond donors (Lipinski definition) is 5. The fourth-order valence-electron chi connectivity index (χ4n) is 4.91. The summed E-state index contributed by atoms with van der Waals surface area (Å²) < 4.78 is 4.69. The van der Waals surface area contributed by atoms with Gasteiger partial charge in [0.2, 0.25) is 5.91 Å². The van der Waals surface area contributed by atoms with E-state index in [1.54, 1.807) is 0 Å². The molecule has 1 aliphatic heterocycles. The highest BCUT2D eigenvalue weighted by atomic mass is 16.5. The molecule has 1 heterocycles. The zero-order chi connectivity index (χ0) is 25.9. The molecule has 1 aromatic carbocycles. The molecule has 3 unspecified atom stereocenters. The van der Waals surface area contributed by atoms with Crippen LogP contribution in [-0.2, 0) is 25.7 Å². The lowest BCUT2D eigenvalue weighted by atomic mass is 9.85. The Labute approximate surface area is 213 Å². The molecule has 0 bridgehead atoms. The van der Waals surface area contributed by atoms with Crippen LogP contribution in [0.4, 0.5) is 0 Å². The first-order valence-electron chi connectivity index (χ1n) is 13.3. The number of nitrogens with one attached hydrogen (secondary N) is 3. The second-order valence-corrected chi connectivity index (χ2v) is 10.0. The lowest BCUT2D eigenvalue weighted by Gasteiger charge is -2.25. The zero-order valence-corrected chi connectivity index (χ0v) is 21.2. The molecule has 2 aliphatic carbocycles. The Hall–Kier alpha value is -2.49. The van der Waals surface area contributed by atoms with Crippen LogP contribution in [0.25, 0.3) is 0 Å². The molecule has 3 fully saturated rings. The van der Waals surface area contributed by atoms with Crippen LogP contribution in [0, 0.1) is 5.92 Å². The first kappa shape index (κ1) is 28.1. The second kappa shape index (κ2) is 14.3. The fraction of sp³-hybridized carbons (Fsp3) is 0.667. The predicted molar refractivity (Wildman–Crippen MR) is 135 cm³/mol. The predicted octanol–water partition coefficient (Wildman–Crippen LogP) is 1.55. The van der Waals surface area contributed by atoms with Crippen molar-refractivity contribution in [3.8, 4) is 0 Å². The molecular formula is C27H41N3O6. The molecule has 36 heavy (non-hydrogen) atoms. The van der Waals surface area contributed by atoms with E-state index in [4.69, 9.17) is 5.11 Å². The Morgan fingerprint density at radius 3 is 2.47 bits per heavy atom. The van der Waals surface area contributed by atoms with Crippen LogP contribution in [0.3, 0.4) is 0 Å². The number of aliphatic hydroxyl groups excluding tert-OH is 2. The minimum Gasteiger partial charge on any atom is -0.459 e. The number of carbonyl (C=O) groups excluding carboxylic acids is 3. The van der Waals surface area contributed by atoms with Gasteiger partial charge in [-0.3, -0.25) is 9.59 Å². The summed E-state index contributed by atoms with van der Waals surface area (Å²) in [5.41, 5.74) is 0.916. The van der Waals surface area contributed by atoms with Crippen LogP contribution in [0.15, 0.2) is 30.3 Å². The molecule has 1 saturated heterocycles. The van der Waals surface area contributed by atoms with Gasteiger partial charge in [0.15, 0.2) is 6.10 Å². The van der Waals surface area contributed by atoms with Gasteiger partial charge in [0, 0.05) is 12.1 Å². The maximum Gasteiger partial charge on any atom is 0.332 e. The van der Waals surface area contributed by atoms with Crippen molar-refractivity contribution in [3.63, 3.8) is 0 Å². The fourth-order valence-corrected chi connectivity index (χ4v) is 4.91. The van der Waals surface area contributed by atoms with E-state index >= 15 is 0 Å². The maximum atomic E-state index is 12.6. The third-order valence-corrected chi connectivity index (χ3v) is 7.05. The van der Waals surface area contributed by atoms with Crippen molar-refractivity contribution >= 4 is 17.8 Å². The van der Waals surface area contributed by atoms with Gasteiger partial charge in [0.25, 0.3) is 5.91 Å². The average molecular weight is 504 g/mol. The number of ether oxygens (including phenoxy) is 1. The molecule has 9 nitrogen and oxygen atoms in total. The van der Waals surface area contributed by atoms with Crippen molar-refractivity contribution in [3.05, 3.63) is 35.9 Å². The summed E-state index contributed by atoms with van der Waals surface area (Å²) in [5.74, 6) is -0.425. The van der Waals surface area contributed by atoms with Gasteiger partial charge in [0.1, 0.15) is 13.2 Å².